The lowest BCUT2D eigenvalue weighted by molar-refractivity contribution is 0.103. The van der Waals surface area contributed by atoms with Crippen molar-refractivity contribution in [1.29, 1.82) is 0 Å². The van der Waals surface area contributed by atoms with Crippen molar-refractivity contribution in [3.8, 4) is 0 Å². The van der Waals surface area contributed by atoms with Crippen LogP contribution in [0.25, 0.3) is 10.2 Å². The van der Waals surface area contributed by atoms with Gasteiger partial charge < -0.3 is 11.1 Å². The van der Waals surface area contributed by atoms with Gasteiger partial charge in [0.2, 0.25) is 0 Å². The van der Waals surface area contributed by atoms with E-state index in [1.807, 2.05) is 24.3 Å². The molecule has 1 amide bonds. The fraction of sp³-hybridized carbons (Fsp3) is 0. The molecule has 0 saturated carbocycles. The summed E-state index contributed by atoms with van der Waals surface area (Å²) in [5.41, 5.74) is 7.20. The number of fused-ring (bicyclic) bond motifs is 1. The Hall–Kier alpha value is -1.44. The summed E-state index contributed by atoms with van der Waals surface area (Å²) in [5, 5.41) is 3.66. The first-order chi connectivity index (χ1) is 10.1. The van der Waals surface area contributed by atoms with Gasteiger partial charge in [-0.25, -0.2) is 4.98 Å². The van der Waals surface area contributed by atoms with E-state index in [1.165, 1.54) is 11.3 Å². The Bertz CT molecular complexity index is 847. The summed E-state index contributed by atoms with van der Waals surface area (Å²) in [6.45, 7) is 0. The zero-order valence-electron chi connectivity index (χ0n) is 10.6. The number of carbonyl (C=O) groups is 1. The molecule has 106 valence electrons. The van der Waals surface area contributed by atoms with Crippen LogP contribution in [0, 0.1) is 0 Å². The Morgan fingerprint density at radius 1 is 1.29 bits per heavy atom. The number of benzene rings is 1. The monoisotopic (exact) mass is 425 g/mol. The molecule has 0 saturated heterocycles. The van der Waals surface area contributed by atoms with Crippen LogP contribution < -0.4 is 11.1 Å². The van der Waals surface area contributed by atoms with E-state index < -0.39 is 0 Å². The van der Waals surface area contributed by atoms with Gasteiger partial charge in [-0.1, -0.05) is 15.9 Å². The van der Waals surface area contributed by atoms with Gasteiger partial charge in [-0.2, -0.15) is 0 Å². The molecule has 0 aliphatic heterocycles. The SMILES string of the molecule is Nc1c(C(=O)Nc2ccc(Br)cc2Br)sc2ncccc12. The van der Waals surface area contributed by atoms with Crippen LogP contribution in [-0.2, 0) is 0 Å². The summed E-state index contributed by atoms with van der Waals surface area (Å²) < 4.78 is 1.72. The summed E-state index contributed by atoms with van der Waals surface area (Å²) in [4.78, 5) is 17.9. The number of halogens is 2. The predicted octanol–water partition coefficient (Wildman–Crippen LogP) is 4.66. The molecule has 0 radical (unpaired) electrons. The number of amides is 1. The summed E-state index contributed by atoms with van der Waals surface area (Å²) in [6.07, 6.45) is 1.69. The molecule has 0 atom stereocenters. The molecule has 0 bridgehead atoms. The van der Waals surface area contributed by atoms with Gasteiger partial charge in [-0.15, -0.1) is 11.3 Å². The maximum atomic E-state index is 12.4. The van der Waals surface area contributed by atoms with Crippen LogP contribution in [0.2, 0.25) is 0 Å². The van der Waals surface area contributed by atoms with Crippen LogP contribution in [0.5, 0.6) is 0 Å². The number of carbonyl (C=O) groups excluding carboxylic acids is 1. The number of nitrogens with zero attached hydrogens (tertiary/aromatic N) is 1. The van der Waals surface area contributed by atoms with E-state index in [2.05, 4.69) is 42.2 Å². The van der Waals surface area contributed by atoms with Crippen LogP contribution in [-0.4, -0.2) is 10.9 Å². The minimum absolute atomic E-state index is 0.237. The lowest BCUT2D eigenvalue weighted by Gasteiger charge is -2.07. The molecule has 0 aliphatic rings. The topological polar surface area (TPSA) is 68.0 Å². The summed E-state index contributed by atoms with van der Waals surface area (Å²) >= 11 is 8.08. The normalized spacial score (nSPS) is 10.8. The second-order valence-corrected chi connectivity index (χ2v) is 7.05. The number of nitrogen functional groups attached to an aromatic ring is 1. The second-order valence-electron chi connectivity index (χ2n) is 4.28. The standard InChI is InChI=1S/C14H9Br2N3OS/c15-7-3-4-10(9(16)6-7)19-13(20)12-11(17)8-2-1-5-18-14(8)21-12/h1-6H,17H2,(H,19,20). The maximum absolute atomic E-state index is 12.4. The van der Waals surface area contributed by atoms with Crippen molar-refractivity contribution in [2.45, 2.75) is 0 Å². The molecule has 2 aromatic heterocycles. The molecule has 4 nitrogen and oxygen atoms in total. The van der Waals surface area contributed by atoms with E-state index in [1.54, 1.807) is 12.3 Å². The molecule has 3 aromatic rings. The molecular weight excluding hydrogens is 418 g/mol. The van der Waals surface area contributed by atoms with Crippen LogP contribution in [0.1, 0.15) is 9.67 Å². The minimum Gasteiger partial charge on any atom is -0.397 e. The van der Waals surface area contributed by atoms with Gasteiger partial charge in [0.15, 0.2) is 0 Å². The van der Waals surface area contributed by atoms with E-state index in [0.717, 1.165) is 19.2 Å². The van der Waals surface area contributed by atoms with E-state index in [0.29, 0.717) is 16.3 Å². The number of pyridine rings is 1. The molecule has 0 fully saturated rings. The highest BCUT2D eigenvalue weighted by Crippen LogP contribution is 2.33. The van der Waals surface area contributed by atoms with Crippen molar-refractivity contribution in [1.82, 2.24) is 4.98 Å². The average Bonchev–Trinajstić information content (AvgIpc) is 2.80. The first kappa shape index (κ1) is 14.5. The number of aromatic nitrogens is 1. The summed E-state index contributed by atoms with van der Waals surface area (Å²) in [7, 11) is 0. The first-order valence-electron chi connectivity index (χ1n) is 5.95. The third kappa shape index (κ3) is 2.81. The lowest BCUT2D eigenvalue weighted by Crippen LogP contribution is -2.12. The summed E-state index contributed by atoms with van der Waals surface area (Å²) in [5.74, 6) is -0.237. The molecule has 1 aromatic carbocycles. The highest BCUT2D eigenvalue weighted by molar-refractivity contribution is 9.11. The Labute approximate surface area is 141 Å². The van der Waals surface area contributed by atoms with Crippen molar-refractivity contribution < 1.29 is 4.79 Å². The van der Waals surface area contributed by atoms with Gasteiger partial charge in [0.1, 0.15) is 9.71 Å². The number of thiophene rings is 1. The summed E-state index contributed by atoms with van der Waals surface area (Å²) in [6, 6.07) is 9.20. The molecule has 0 unspecified atom stereocenters. The number of nitrogens with two attached hydrogens (primary N) is 1. The first-order valence-corrected chi connectivity index (χ1v) is 8.36. The zero-order chi connectivity index (χ0) is 15.0. The average molecular weight is 427 g/mol. The largest absolute Gasteiger partial charge is 0.397 e. The highest BCUT2D eigenvalue weighted by Gasteiger charge is 2.17. The van der Waals surface area contributed by atoms with Gasteiger partial charge >= 0.3 is 0 Å². The molecular formula is C14H9Br2N3OS. The number of anilines is 2. The molecule has 7 heteroatoms. The van der Waals surface area contributed by atoms with Crippen molar-refractivity contribution >= 4 is 70.7 Å². The van der Waals surface area contributed by atoms with E-state index >= 15 is 0 Å². The van der Waals surface area contributed by atoms with Crippen molar-refractivity contribution in [3.63, 3.8) is 0 Å². The van der Waals surface area contributed by atoms with Gasteiger partial charge in [0.05, 0.1) is 11.4 Å². The quantitative estimate of drug-likeness (QED) is 0.626. The zero-order valence-corrected chi connectivity index (χ0v) is 14.5. The van der Waals surface area contributed by atoms with Crippen LogP contribution in [0.3, 0.4) is 0 Å². The van der Waals surface area contributed by atoms with E-state index in [4.69, 9.17) is 5.73 Å². The Balaban J connectivity index is 1.95. The molecule has 21 heavy (non-hydrogen) atoms. The second kappa shape index (κ2) is 5.75. The molecule has 3 N–H and O–H groups in total. The minimum atomic E-state index is -0.237. The van der Waals surface area contributed by atoms with E-state index in [-0.39, 0.29) is 5.91 Å². The number of hydrogen-bond donors (Lipinski definition) is 2. The van der Waals surface area contributed by atoms with Gasteiger partial charge in [-0.3, -0.25) is 4.79 Å². The molecule has 0 aliphatic carbocycles. The van der Waals surface area contributed by atoms with Crippen molar-refractivity contribution in [2.24, 2.45) is 0 Å². The van der Waals surface area contributed by atoms with Crippen LogP contribution in [0.4, 0.5) is 11.4 Å². The Morgan fingerprint density at radius 2 is 2.10 bits per heavy atom. The maximum Gasteiger partial charge on any atom is 0.267 e. The molecule has 2 heterocycles. The third-order valence-corrected chi connectivity index (χ3v) is 5.17. The predicted molar refractivity (Wildman–Crippen MR) is 93.8 cm³/mol. The van der Waals surface area contributed by atoms with Gasteiger partial charge in [0, 0.05) is 20.5 Å². The third-order valence-electron chi connectivity index (χ3n) is 2.89. The van der Waals surface area contributed by atoms with Crippen molar-refractivity contribution in [2.75, 3.05) is 11.1 Å². The molecule has 3 rings (SSSR count). The smallest absolute Gasteiger partial charge is 0.267 e. The lowest BCUT2D eigenvalue weighted by atomic mass is 10.2. The highest BCUT2D eigenvalue weighted by atomic mass is 79.9. The number of hydrogen-bond acceptors (Lipinski definition) is 4. The molecule has 0 spiro atoms. The fourth-order valence-corrected chi connectivity index (χ4v) is 3.99. The fourth-order valence-electron chi connectivity index (χ4n) is 1.89. The van der Waals surface area contributed by atoms with Crippen LogP contribution in [0.15, 0.2) is 45.5 Å². The van der Waals surface area contributed by atoms with Crippen molar-refractivity contribution in [3.05, 3.63) is 50.4 Å². The van der Waals surface area contributed by atoms with E-state index in [9.17, 15) is 4.79 Å². The number of rotatable bonds is 2. The number of nitrogens with one attached hydrogen (secondary N) is 1. The van der Waals surface area contributed by atoms with Gasteiger partial charge in [0.25, 0.3) is 5.91 Å². The van der Waals surface area contributed by atoms with Gasteiger partial charge in [-0.05, 0) is 46.3 Å². The van der Waals surface area contributed by atoms with Crippen LogP contribution >= 0.6 is 43.2 Å². The Morgan fingerprint density at radius 3 is 2.81 bits per heavy atom. The Kier molecular flexibility index (Phi) is 3.97.